The molecule has 0 aromatic heterocycles. The first kappa shape index (κ1) is 35.3. The molecule has 9 rings (SSSR count). The van der Waals surface area contributed by atoms with E-state index in [0.29, 0.717) is 27.8 Å². The maximum atomic E-state index is 13.6. The number of anilines is 3. The van der Waals surface area contributed by atoms with E-state index in [0.717, 1.165) is 100 Å². The highest BCUT2D eigenvalue weighted by molar-refractivity contribution is 6.32. The van der Waals surface area contributed by atoms with Gasteiger partial charge in [0.05, 0.1) is 21.7 Å². The minimum atomic E-state index is -0.975. The van der Waals surface area contributed by atoms with E-state index in [1.54, 1.807) is 18.2 Å². The van der Waals surface area contributed by atoms with Gasteiger partial charge in [-0.1, -0.05) is 11.6 Å². The summed E-state index contributed by atoms with van der Waals surface area (Å²) in [7, 11) is 0. The van der Waals surface area contributed by atoms with Crippen LogP contribution in [0.4, 0.5) is 17.1 Å². The van der Waals surface area contributed by atoms with Crippen molar-refractivity contribution in [3.63, 3.8) is 0 Å². The molecule has 0 saturated carbocycles. The van der Waals surface area contributed by atoms with Crippen LogP contribution in [0.3, 0.4) is 0 Å². The van der Waals surface area contributed by atoms with Crippen LogP contribution in [0.1, 0.15) is 62.3 Å². The van der Waals surface area contributed by atoms with Crippen molar-refractivity contribution in [2.45, 2.75) is 37.8 Å². The quantitative estimate of drug-likeness (QED) is 0.372. The highest BCUT2D eigenvalue weighted by Gasteiger charge is 2.46. The van der Waals surface area contributed by atoms with E-state index in [4.69, 9.17) is 11.6 Å². The lowest BCUT2D eigenvalue weighted by molar-refractivity contribution is -0.136. The molecule has 0 radical (unpaired) electrons. The number of amides is 5. The highest BCUT2D eigenvalue weighted by Crippen LogP contribution is 2.42. The van der Waals surface area contributed by atoms with Gasteiger partial charge in [-0.15, -0.1) is 0 Å². The Labute approximate surface area is 324 Å². The van der Waals surface area contributed by atoms with Crippen molar-refractivity contribution in [1.29, 1.82) is 5.26 Å². The van der Waals surface area contributed by atoms with Crippen LogP contribution < -0.4 is 20.0 Å². The van der Waals surface area contributed by atoms with E-state index in [9.17, 15) is 29.2 Å². The molecule has 6 heterocycles. The molecule has 3 aromatic rings. The number of nitrogens with zero attached hydrogens (tertiary/aromatic N) is 7. The molecule has 1 N–H and O–H groups in total. The highest BCUT2D eigenvalue weighted by atomic mass is 35.5. The number of fused-ring (bicyclic) bond motifs is 1. The monoisotopic (exact) mass is 760 g/mol. The Kier molecular flexibility index (Phi) is 8.78. The van der Waals surface area contributed by atoms with Gasteiger partial charge in [-0.25, -0.2) is 0 Å². The lowest BCUT2D eigenvalue weighted by Crippen LogP contribution is -2.63. The molecule has 5 amide bonds. The minimum absolute atomic E-state index is 0.0645. The Morgan fingerprint density at radius 3 is 2.18 bits per heavy atom. The number of benzene rings is 3. The van der Waals surface area contributed by atoms with Crippen molar-refractivity contribution in [2.75, 3.05) is 80.1 Å². The van der Waals surface area contributed by atoms with Crippen LogP contribution in [-0.2, 0) is 9.59 Å². The first-order valence-corrected chi connectivity index (χ1v) is 19.4. The maximum Gasteiger partial charge on any atom is 0.262 e. The van der Waals surface area contributed by atoms with Crippen molar-refractivity contribution in [2.24, 2.45) is 5.41 Å². The molecule has 6 aliphatic heterocycles. The molecule has 2 atom stereocenters. The number of imide groups is 2. The summed E-state index contributed by atoms with van der Waals surface area (Å²) < 4.78 is 0. The number of carbonyl (C=O) groups excluding carboxylic acids is 5. The fourth-order valence-electron chi connectivity index (χ4n) is 9.28. The third-order valence-corrected chi connectivity index (χ3v) is 12.9. The lowest BCUT2D eigenvalue weighted by atomic mass is 9.86. The van der Waals surface area contributed by atoms with Crippen LogP contribution in [-0.4, -0.2) is 122 Å². The number of rotatable bonds is 6. The molecular formula is C41H41ClN8O5. The number of piperidine rings is 1. The summed E-state index contributed by atoms with van der Waals surface area (Å²) in [5.41, 5.74) is 4.85. The molecule has 55 heavy (non-hydrogen) atoms. The van der Waals surface area contributed by atoms with Gasteiger partial charge in [0.2, 0.25) is 11.8 Å². The predicted octanol–water partition coefficient (Wildman–Crippen LogP) is 3.37. The number of hydrogen-bond acceptors (Lipinski definition) is 10. The van der Waals surface area contributed by atoms with E-state index >= 15 is 0 Å². The second kappa shape index (κ2) is 13.7. The number of piperazine rings is 1. The minimum Gasteiger partial charge on any atom is -0.371 e. The predicted molar refractivity (Wildman–Crippen MR) is 205 cm³/mol. The molecule has 14 heteroatoms. The van der Waals surface area contributed by atoms with E-state index in [1.165, 1.54) is 0 Å². The van der Waals surface area contributed by atoms with Crippen molar-refractivity contribution in [3.05, 3.63) is 87.9 Å². The zero-order chi connectivity index (χ0) is 38.0. The Balaban J connectivity index is 0.750. The van der Waals surface area contributed by atoms with Crippen molar-refractivity contribution in [3.8, 4) is 6.07 Å². The maximum absolute atomic E-state index is 13.6. The zero-order valence-corrected chi connectivity index (χ0v) is 31.1. The summed E-state index contributed by atoms with van der Waals surface area (Å²) in [6.07, 6.45) is 2.21. The molecule has 6 aliphatic rings. The van der Waals surface area contributed by atoms with Gasteiger partial charge in [-0.3, -0.25) is 39.1 Å². The average Bonchev–Trinajstić information content (AvgIpc) is 3.87. The third-order valence-electron chi connectivity index (χ3n) is 12.6. The summed E-state index contributed by atoms with van der Waals surface area (Å²) in [6, 6.07) is 20.4. The number of nitriles is 1. The van der Waals surface area contributed by atoms with Gasteiger partial charge in [0.25, 0.3) is 17.7 Å². The summed E-state index contributed by atoms with van der Waals surface area (Å²) in [5, 5.41) is 11.9. The number of carbonyl (C=O) groups is 5. The van der Waals surface area contributed by atoms with E-state index < -0.39 is 29.7 Å². The van der Waals surface area contributed by atoms with Crippen LogP contribution in [0.15, 0.2) is 60.7 Å². The largest absolute Gasteiger partial charge is 0.371 e. The van der Waals surface area contributed by atoms with Crippen molar-refractivity contribution in [1.82, 2.24) is 20.0 Å². The first-order chi connectivity index (χ1) is 26.6. The second-order valence-corrected chi connectivity index (χ2v) is 16.1. The lowest BCUT2D eigenvalue weighted by Gasteiger charge is -2.49. The van der Waals surface area contributed by atoms with Gasteiger partial charge in [0.1, 0.15) is 12.1 Å². The van der Waals surface area contributed by atoms with Crippen molar-refractivity contribution < 1.29 is 24.0 Å². The molecule has 13 nitrogen and oxygen atoms in total. The molecule has 0 bridgehead atoms. The summed E-state index contributed by atoms with van der Waals surface area (Å²) in [5.74, 6) is -1.91. The van der Waals surface area contributed by atoms with Crippen LogP contribution in [0.25, 0.3) is 0 Å². The Morgan fingerprint density at radius 1 is 0.764 bits per heavy atom. The fraction of sp³-hybridized carbons (Fsp3) is 0.415. The molecular weight excluding hydrogens is 720 g/mol. The number of nitrogens with one attached hydrogen (secondary N) is 1. The Morgan fingerprint density at radius 2 is 1.45 bits per heavy atom. The van der Waals surface area contributed by atoms with Gasteiger partial charge >= 0.3 is 0 Å². The van der Waals surface area contributed by atoms with E-state index in [1.807, 2.05) is 35.2 Å². The number of likely N-dealkylation sites (tertiary alicyclic amines) is 1. The fourth-order valence-corrected chi connectivity index (χ4v) is 9.50. The molecule has 282 valence electrons. The molecule has 1 spiro atoms. The summed E-state index contributed by atoms with van der Waals surface area (Å²) in [4.78, 5) is 76.4. The molecule has 1 unspecified atom stereocenters. The second-order valence-electron chi connectivity index (χ2n) is 15.7. The smallest absolute Gasteiger partial charge is 0.262 e. The number of halogens is 1. The third kappa shape index (κ3) is 6.27. The number of hydrogen-bond donors (Lipinski definition) is 1. The van der Waals surface area contributed by atoms with Gasteiger partial charge in [0, 0.05) is 106 Å². The van der Waals surface area contributed by atoms with E-state index in [-0.39, 0.29) is 29.7 Å². The normalized spacial score (nSPS) is 24.4. The van der Waals surface area contributed by atoms with Gasteiger partial charge in [-0.2, -0.15) is 5.26 Å². The molecule has 0 aliphatic carbocycles. The molecule has 3 aromatic carbocycles. The van der Waals surface area contributed by atoms with Crippen LogP contribution in [0, 0.1) is 16.7 Å². The topological polar surface area (TPSA) is 141 Å². The molecule has 5 fully saturated rings. The summed E-state index contributed by atoms with van der Waals surface area (Å²) >= 11 is 6.31. The zero-order valence-electron chi connectivity index (χ0n) is 30.4. The average molecular weight is 761 g/mol. The van der Waals surface area contributed by atoms with Gasteiger partial charge < -0.3 is 19.6 Å². The van der Waals surface area contributed by atoms with Gasteiger partial charge in [-0.05, 0) is 79.9 Å². The standard InChI is InChI=1S/C41H41ClN8O5/c42-34-20-30(6-3-27(34)21-43)47-13-11-41(24-47)12-14-48(25-41)38(53)26-1-4-28(5-2-26)45-15-17-46(18-16-45)31-22-49(23-31)29-7-8-32-33(19-29)40(55)50(39(32)54)35-9-10-36(51)44-37(35)52/h1-8,19-20,31,35H,9-18,22-25H2,(H,44,51,52)/t35-,41?/m0/s1. The Bertz CT molecular complexity index is 2160. The van der Waals surface area contributed by atoms with Gasteiger partial charge in [0.15, 0.2) is 0 Å². The summed E-state index contributed by atoms with van der Waals surface area (Å²) in [6.45, 7) is 8.47. The van der Waals surface area contributed by atoms with Crippen LogP contribution in [0.5, 0.6) is 0 Å². The van der Waals surface area contributed by atoms with Crippen LogP contribution >= 0.6 is 11.6 Å². The van der Waals surface area contributed by atoms with Crippen LogP contribution in [0.2, 0.25) is 5.02 Å². The SMILES string of the molecule is N#Cc1ccc(N2CCC3(CCN(C(=O)c4ccc(N5CCN(C6CN(c7ccc8c(c7)C(=O)N([C@H]7CCC(=O)NC7=O)C8=O)C6)CC5)cc4)C3)C2)cc1Cl. The molecule has 5 saturated heterocycles. The van der Waals surface area contributed by atoms with E-state index in [2.05, 4.69) is 43.1 Å². The van der Waals surface area contributed by atoms with Crippen molar-refractivity contribution >= 4 is 58.2 Å². The first-order valence-electron chi connectivity index (χ1n) is 19.0. The Hall–Kier alpha value is -5.45.